The number of fused-ring (bicyclic) bond motifs is 2. The molecule has 2 heterocycles. The number of hydrogen-bond donors (Lipinski definition) is 0. The maximum atomic E-state index is 12.7. The zero-order valence-electron chi connectivity index (χ0n) is 15.6. The van der Waals surface area contributed by atoms with E-state index in [9.17, 15) is 9.59 Å². The zero-order valence-corrected chi connectivity index (χ0v) is 15.6. The monoisotopic (exact) mass is 346 g/mol. The van der Waals surface area contributed by atoms with Crippen molar-refractivity contribution < 1.29 is 19.1 Å². The topological polar surface area (TPSA) is 68.7 Å². The number of amides is 2. The SMILES string of the molecule is CC(C)(C)OC(=O)N1Cc2cc(cnc2C2CC2)CC(C)(C)OC1=O. The quantitative estimate of drug-likeness (QED) is 0.763. The van der Waals surface area contributed by atoms with Crippen LogP contribution in [0.2, 0.25) is 0 Å². The summed E-state index contributed by atoms with van der Waals surface area (Å²) in [7, 11) is 0. The average molecular weight is 346 g/mol. The molecule has 2 aliphatic rings. The normalized spacial score (nSPS) is 20.2. The maximum absolute atomic E-state index is 12.7. The van der Waals surface area contributed by atoms with Crippen LogP contribution in [-0.4, -0.2) is 33.3 Å². The van der Waals surface area contributed by atoms with Crippen molar-refractivity contribution in [2.75, 3.05) is 0 Å². The number of ether oxygens (including phenoxy) is 2. The van der Waals surface area contributed by atoms with E-state index in [1.807, 2.05) is 26.1 Å². The van der Waals surface area contributed by atoms with Gasteiger partial charge >= 0.3 is 12.2 Å². The Labute approximate surface area is 148 Å². The van der Waals surface area contributed by atoms with Gasteiger partial charge in [-0.15, -0.1) is 0 Å². The minimum Gasteiger partial charge on any atom is -0.443 e. The molecule has 1 aliphatic heterocycles. The molecule has 6 heteroatoms. The van der Waals surface area contributed by atoms with Crippen LogP contribution in [0.3, 0.4) is 0 Å². The number of rotatable bonds is 1. The fourth-order valence-corrected chi connectivity index (χ4v) is 3.03. The highest BCUT2D eigenvalue weighted by molar-refractivity contribution is 5.88. The van der Waals surface area contributed by atoms with E-state index in [1.54, 1.807) is 20.8 Å². The van der Waals surface area contributed by atoms with Crippen molar-refractivity contribution in [2.24, 2.45) is 0 Å². The summed E-state index contributed by atoms with van der Waals surface area (Å²) in [4.78, 5) is 30.9. The predicted octanol–water partition coefficient (Wildman–Crippen LogP) is 4.17. The van der Waals surface area contributed by atoms with Gasteiger partial charge in [0.1, 0.15) is 11.2 Å². The van der Waals surface area contributed by atoms with Gasteiger partial charge < -0.3 is 9.47 Å². The third-order valence-electron chi connectivity index (χ3n) is 4.18. The molecule has 2 amide bonds. The minimum absolute atomic E-state index is 0.122. The zero-order chi connectivity index (χ0) is 18.4. The Morgan fingerprint density at radius 3 is 2.64 bits per heavy atom. The van der Waals surface area contributed by atoms with Crippen molar-refractivity contribution in [3.05, 3.63) is 29.1 Å². The van der Waals surface area contributed by atoms with Crippen molar-refractivity contribution in [3.63, 3.8) is 0 Å². The van der Waals surface area contributed by atoms with E-state index in [2.05, 4.69) is 4.98 Å². The van der Waals surface area contributed by atoms with Crippen molar-refractivity contribution in [2.45, 2.75) is 77.5 Å². The van der Waals surface area contributed by atoms with E-state index in [0.29, 0.717) is 12.3 Å². The van der Waals surface area contributed by atoms with Crippen LogP contribution in [0, 0.1) is 0 Å². The molecular weight excluding hydrogens is 320 g/mol. The highest BCUT2D eigenvalue weighted by Crippen LogP contribution is 2.41. The number of pyridine rings is 1. The van der Waals surface area contributed by atoms with E-state index < -0.39 is 23.4 Å². The van der Waals surface area contributed by atoms with E-state index in [-0.39, 0.29) is 6.54 Å². The van der Waals surface area contributed by atoms with E-state index in [4.69, 9.17) is 9.47 Å². The third kappa shape index (κ3) is 4.30. The van der Waals surface area contributed by atoms with Crippen LogP contribution in [-0.2, 0) is 22.4 Å². The first kappa shape index (κ1) is 17.7. The molecule has 0 saturated heterocycles. The molecule has 1 saturated carbocycles. The molecule has 6 nitrogen and oxygen atoms in total. The maximum Gasteiger partial charge on any atom is 0.420 e. The largest absolute Gasteiger partial charge is 0.443 e. The molecule has 136 valence electrons. The second-order valence-corrected chi connectivity index (χ2v) is 8.53. The first-order valence-corrected chi connectivity index (χ1v) is 8.75. The third-order valence-corrected chi connectivity index (χ3v) is 4.18. The minimum atomic E-state index is -0.734. The van der Waals surface area contributed by atoms with Crippen LogP contribution in [0.4, 0.5) is 9.59 Å². The Morgan fingerprint density at radius 2 is 2.04 bits per heavy atom. The second-order valence-electron chi connectivity index (χ2n) is 8.53. The molecule has 0 unspecified atom stereocenters. The Bertz CT molecular complexity index is 702. The van der Waals surface area contributed by atoms with Gasteiger partial charge in [0.2, 0.25) is 0 Å². The number of imide groups is 1. The summed E-state index contributed by atoms with van der Waals surface area (Å²) in [6.45, 7) is 9.10. The number of hydrogen-bond acceptors (Lipinski definition) is 5. The average Bonchev–Trinajstić information content (AvgIpc) is 3.25. The Morgan fingerprint density at radius 1 is 1.36 bits per heavy atom. The van der Waals surface area contributed by atoms with Gasteiger partial charge in [-0.2, -0.15) is 0 Å². The van der Waals surface area contributed by atoms with Crippen molar-refractivity contribution in [1.82, 2.24) is 9.88 Å². The molecule has 0 N–H and O–H groups in total. The molecule has 0 spiro atoms. The molecule has 0 atom stereocenters. The first-order chi connectivity index (χ1) is 11.5. The number of cyclic esters (lactones) is 1. The molecule has 3 rings (SSSR count). The van der Waals surface area contributed by atoms with Gasteiger partial charge in [0.05, 0.1) is 6.54 Å². The van der Waals surface area contributed by atoms with Crippen molar-refractivity contribution >= 4 is 12.2 Å². The molecule has 1 aliphatic carbocycles. The predicted molar refractivity (Wildman–Crippen MR) is 92.3 cm³/mol. The van der Waals surface area contributed by atoms with Crippen LogP contribution in [0.25, 0.3) is 0 Å². The lowest BCUT2D eigenvalue weighted by Crippen LogP contribution is -2.43. The summed E-state index contributed by atoms with van der Waals surface area (Å²) in [5, 5.41) is 0. The van der Waals surface area contributed by atoms with Crippen LogP contribution >= 0.6 is 0 Å². The van der Waals surface area contributed by atoms with E-state index in [0.717, 1.165) is 34.6 Å². The summed E-state index contributed by atoms with van der Waals surface area (Å²) in [5.41, 5.74) is 1.46. The lowest BCUT2D eigenvalue weighted by atomic mass is 9.97. The number of aromatic nitrogens is 1. The van der Waals surface area contributed by atoms with Crippen LogP contribution < -0.4 is 0 Å². The van der Waals surface area contributed by atoms with Gasteiger partial charge in [-0.3, -0.25) is 4.98 Å². The number of carbonyl (C=O) groups is 2. The van der Waals surface area contributed by atoms with Crippen molar-refractivity contribution in [1.29, 1.82) is 0 Å². The smallest absolute Gasteiger partial charge is 0.420 e. The molecular formula is C19H26N2O4. The molecule has 1 aromatic heterocycles. The second kappa shape index (κ2) is 6.00. The Hall–Kier alpha value is -2.11. The summed E-state index contributed by atoms with van der Waals surface area (Å²) in [6, 6.07) is 2.04. The lowest BCUT2D eigenvalue weighted by Gasteiger charge is -2.29. The van der Waals surface area contributed by atoms with E-state index >= 15 is 0 Å². The van der Waals surface area contributed by atoms with Gasteiger partial charge in [-0.05, 0) is 58.6 Å². The van der Waals surface area contributed by atoms with Gasteiger partial charge in [0, 0.05) is 24.2 Å². The fraction of sp³-hybridized carbons (Fsp3) is 0.632. The molecule has 1 fully saturated rings. The molecule has 25 heavy (non-hydrogen) atoms. The van der Waals surface area contributed by atoms with Gasteiger partial charge in [0.25, 0.3) is 0 Å². The highest BCUT2D eigenvalue weighted by atomic mass is 16.6. The van der Waals surface area contributed by atoms with Crippen molar-refractivity contribution in [3.8, 4) is 0 Å². The van der Waals surface area contributed by atoms with Crippen LogP contribution in [0.5, 0.6) is 0 Å². The van der Waals surface area contributed by atoms with Gasteiger partial charge in [-0.1, -0.05) is 6.07 Å². The summed E-state index contributed by atoms with van der Waals surface area (Å²) >= 11 is 0. The first-order valence-electron chi connectivity index (χ1n) is 8.75. The van der Waals surface area contributed by atoms with Crippen LogP contribution in [0.15, 0.2) is 12.3 Å². The molecule has 0 radical (unpaired) electrons. The number of nitrogens with zero attached hydrogens (tertiary/aromatic N) is 2. The standard InChI is InChI=1S/C19H26N2O4/c1-18(2,3)24-16(22)21-11-14-8-12(9-19(4,5)25-17(21)23)10-20-15(14)13-6-7-13/h8,10,13H,6-7,9,11H2,1-5H3. The van der Waals surface area contributed by atoms with E-state index in [1.165, 1.54) is 0 Å². The highest BCUT2D eigenvalue weighted by Gasteiger charge is 2.36. The lowest BCUT2D eigenvalue weighted by molar-refractivity contribution is -0.00503. The molecule has 1 aromatic rings. The Balaban J connectivity index is 1.98. The van der Waals surface area contributed by atoms with Gasteiger partial charge in [-0.25, -0.2) is 14.5 Å². The summed E-state index contributed by atoms with van der Waals surface area (Å²) < 4.78 is 11.0. The van der Waals surface area contributed by atoms with Crippen LogP contribution in [0.1, 0.15) is 70.2 Å². The fourth-order valence-electron chi connectivity index (χ4n) is 3.03. The molecule has 2 bridgehead atoms. The summed E-state index contributed by atoms with van der Waals surface area (Å²) in [5.74, 6) is 0.425. The summed E-state index contributed by atoms with van der Waals surface area (Å²) in [6.07, 6.45) is 3.23. The Kier molecular flexibility index (Phi) is 4.25. The number of carbonyl (C=O) groups excluding carboxylic acids is 2. The van der Waals surface area contributed by atoms with Gasteiger partial charge in [0.15, 0.2) is 0 Å². The molecule has 0 aromatic carbocycles.